The number of carbonyl (C=O) groups is 1. The molecule has 1 aliphatic heterocycles. The van der Waals surface area contributed by atoms with Crippen molar-refractivity contribution in [2.45, 2.75) is 38.7 Å². The van der Waals surface area contributed by atoms with E-state index in [0.29, 0.717) is 23.9 Å². The third-order valence-electron chi connectivity index (χ3n) is 4.74. The van der Waals surface area contributed by atoms with Gasteiger partial charge in [0.15, 0.2) is 0 Å². The van der Waals surface area contributed by atoms with E-state index in [0.717, 1.165) is 30.7 Å². The van der Waals surface area contributed by atoms with Gasteiger partial charge in [-0.2, -0.15) is 11.3 Å². The van der Waals surface area contributed by atoms with Crippen LogP contribution in [0.3, 0.4) is 0 Å². The maximum atomic E-state index is 12.9. The van der Waals surface area contributed by atoms with Crippen molar-refractivity contribution in [1.29, 1.82) is 0 Å². The molecule has 1 saturated heterocycles. The number of ether oxygens (including phenoxy) is 1. The van der Waals surface area contributed by atoms with E-state index in [4.69, 9.17) is 9.15 Å². The highest BCUT2D eigenvalue weighted by atomic mass is 32.1. The number of likely N-dealkylation sites (tertiary alicyclic amines) is 1. The number of aromatic nitrogens is 2. The first-order chi connectivity index (χ1) is 13.6. The maximum absolute atomic E-state index is 12.9. The number of rotatable bonds is 5. The summed E-state index contributed by atoms with van der Waals surface area (Å²) in [5, 5.41) is 12.4. The number of hydrogen-bond acceptors (Lipinski definition) is 6. The highest BCUT2D eigenvalue weighted by molar-refractivity contribution is 7.08. The van der Waals surface area contributed by atoms with E-state index in [2.05, 4.69) is 10.2 Å². The smallest absolute Gasteiger partial charge is 0.253 e. The molecule has 0 spiro atoms. The Labute approximate surface area is 168 Å². The first kappa shape index (κ1) is 18.7. The van der Waals surface area contributed by atoms with Crippen LogP contribution in [0.1, 0.15) is 48.9 Å². The van der Waals surface area contributed by atoms with Crippen LogP contribution in [-0.4, -0.2) is 40.2 Å². The Hall–Kier alpha value is -2.67. The molecule has 1 unspecified atom stereocenters. The van der Waals surface area contributed by atoms with E-state index in [-0.39, 0.29) is 17.9 Å². The zero-order valence-electron chi connectivity index (χ0n) is 16.0. The molecule has 2 aromatic heterocycles. The van der Waals surface area contributed by atoms with Crippen LogP contribution in [0.5, 0.6) is 5.75 Å². The van der Waals surface area contributed by atoms with Crippen LogP contribution in [0.4, 0.5) is 0 Å². The molecule has 1 fully saturated rings. The topological polar surface area (TPSA) is 68.5 Å². The van der Waals surface area contributed by atoms with E-state index < -0.39 is 0 Å². The second kappa shape index (κ2) is 8.14. The Morgan fingerprint density at radius 1 is 1.25 bits per heavy atom. The Balaban J connectivity index is 1.44. The Morgan fingerprint density at radius 2 is 2.07 bits per heavy atom. The molecule has 1 aromatic carbocycles. The predicted octanol–water partition coefficient (Wildman–Crippen LogP) is 4.61. The summed E-state index contributed by atoms with van der Waals surface area (Å²) < 4.78 is 11.5. The van der Waals surface area contributed by atoms with Gasteiger partial charge in [-0.3, -0.25) is 4.79 Å². The first-order valence-electron chi connectivity index (χ1n) is 9.52. The van der Waals surface area contributed by atoms with Crippen LogP contribution in [0.25, 0.3) is 11.5 Å². The monoisotopic (exact) mass is 397 g/mol. The molecule has 7 heteroatoms. The maximum Gasteiger partial charge on any atom is 0.253 e. The van der Waals surface area contributed by atoms with E-state index in [1.54, 1.807) is 11.3 Å². The molecule has 0 aliphatic carbocycles. The quantitative estimate of drug-likeness (QED) is 0.629. The number of hydrogen-bond donors (Lipinski definition) is 0. The fraction of sp³-hybridized carbons (Fsp3) is 0.381. The van der Waals surface area contributed by atoms with Gasteiger partial charge < -0.3 is 14.1 Å². The lowest BCUT2D eigenvalue weighted by molar-refractivity contribution is 0.0698. The van der Waals surface area contributed by atoms with E-state index in [9.17, 15) is 4.79 Å². The standard InChI is InChI=1S/C21H23N3O3S/c1-14(2)26-18-7-5-15(6-8-18)21(25)24-10-3-4-16(12-24)19-22-23-20(27-19)17-9-11-28-13-17/h5-9,11,13-14,16H,3-4,10,12H2,1-2H3. The van der Waals surface area contributed by atoms with Crippen LogP contribution >= 0.6 is 11.3 Å². The molecule has 0 N–H and O–H groups in total. The summed E-state index contributed by atoms with van der Waals surface area (Å²) in [6.07, 6.45) is 1.97. The summed E-state index contributed by atoms with van der Waals surface area (Å²) in [5.74, 6) is 2.02. The van der Waals surface area contributed by atoms with Gasteiger partial charge in [-0.25, -0.2) is 0 Å². The highest BCUT2D eigenvalue weighted by Gasteiger charge is 2.29. The average molecular weight is 398 g/mol. The Morgan fingerprint density at radius 3 is 2.79 bits per heavy atom. The lowest BCUT2D eigenvalue weighted by Crippen LogP contribution is -2.39. The molecule has 1 amide bonds. The lowest BCUT2D eigenvalue weighted by Gasteiger charge is -2.31. The third kappa shape index (κ3) is 4.09. The molecule has 28 heavy (non-hydrogen) atoms. The van der Waals surface area contributed by atoms with Crippen LogP contribution in [0, 0.1) is 0 Å². The summed E-state index contributed by atoms with van der Waals surface area (Å²) in [6.45, 7) is 5.29. The number of benzene rings is 1. The molecule has 4 rings (SSSR count). The molecule has 6 nitrogen and oxygen atoms in total. The fourth-order valence-corrected chi connectivity index (χ4v) is 4.03. The van der Waals surface area contributed by atoms with E-state index in [1.807, 2.05) is 59.8 Å². The minimum absolute atomic E-state index is 0.0263. The van der Waals surface area contributed by atoms with E-state index >= 15 is 0 Å². The third-order valence-corrected chi connectivity index (χ3v) is 5.42. The molecule has 0 radical (unpaired) electrons. The van der Waals surface area contributed by atoms with Gasteiger partial charge in [-0.05, 0) is 62.4 Å². The van der Waals surface area contributed by atoms with Gasteiger partial charge in [-0.1, -0.05) is 0 Å². The number of carbonyl (C=O) groups excluding carboxylic acids is 1. The Kier molecular flexibility index (Phi) is 5.43. The molecular formula is C21H23N3O3S. The van der Waals surface area contributed by atoms with Crippen molar-refractivity contribution in [2.75, 3.05) is 13.1 Å². The first-order valence-corrected chi connectivity index (χ1v) is 10.5. The van der Waals surface area contributed by atoms with Crippen molar-refractivity contribution in [3.05, 3.63) is 52.5 Å². The summed E-state index contributed by atoms with van der Waals surface area (Å²) in [4.78, 5) is 14.8. The summed E-state index contributed by atoms with van der Waals surface area (Å²) >= 11 is 1.60. The van der Waals surface area contributed by atoms with Gasteiger partial charge in [0.25, 0.3) is 5.91 Å². The summed E-state index contributed by atoms with van der Waals surface area (Å²) in [5.41, 5.74) is 1.61. The van der Waals surface area contributed by atoms with Crippen molar-refractivity contribution < 1.29 is 13.9 Å². The summed E-state index contributed by atoms with van der Waals surface area (Å²) in [6, 6.07) is 9.31. The highest BCUT2D eigenvalue weighted by Crippen LogP contribution is 2.30. The van der Waals surface area contributed by atoms with Crippen molar-refractivity contribution in [2.24, 2.45) is 0 Å². The fourth-order valence-electron chi connectivity index (χ4n) is 3.40. The minimum Gasteiger partial charge on any atom is -0.491 e. The van der Waals surface area contributed by atoms with Crippen molar-refractivity contribution in [1.82, 2.24) is 15.1 Å². The normalized spacial score (nSPS) is 17.1. The molecule has 3 heterocycles. The number of thiophene rings is 1. The van der Waals surface area contributed by atoms with Crippen molar-refractivity contribution in [3.8, 4) is 17.2 Å². The molecule has 1 atom stereocenters. The summed E-state index contributed by atoms with van der Waals surface area (Å²) in [7, 11) is 0. The molecule has 3 aromatic rings. The van der Waals surface area contributed by atoms with Crippen molar-refractivity contribution >= 4 is 17.2 Å². The molecule has 0 saturated carbocycles. The van der Waals surface area contributed by atoms with E-state index in [1.165, 1.54) is 0 Å². The zero-order valence-corrected chi connectivity index (χ0v) is 16.8. The SMILES string of the molecule is CC(C)Oc1ccc(C(=O)N2CCCC(c3nnc(-c4ccsc4)o3)C2)cc1. The van der Waals surface area contributed by atoms with Gasteiger partial charge in [0.05, 0.1) is 12.0 Å². The second-order valence-electron chi connectivity index (χ2n) is 7.24. The number of piperidine rings is 1. The van der Waals surface area contributed by atoms with Gasteiger partial charge in [0.1, 0.15) is 5.75 Å². The van der Waals surface area contributed by atoms with Crippen LogP contribution in [-0.2, 0) is 0 Å². The van der Waals surface area contributed by atoms with Crippen molar-refractivity contribution in [3.63, 3.8) is 0 Å². The number of nitrogens with zero attached hydrogens (tertiary/aromatic N) is 3. The van der Waals surface area contributed by atoms with Crippen LogP contribution in [0.2, 0.25) is 0 Å². The Bertz CT molecular complexity index is 919. The molecular weight excluding hydrogens is 374 g/mol. The van der Waals surface area contributed by atoms with Gasteiger partial charge in [0.2, 0.25) is 11.8 Å². The zero-order chi connectivity index (χ0) is 19.5. The second-order valence-corrected chi connectivity index (χ2v) is 8.02. The molecule has 1 aliphatic rings. The van der Waals surface area contributed by atoms with Gasteiger partial charge >= 0.3 is 0 Å². The van der Waals surface area contributed by atoms with Crippen LogP contribution in [0.15, 0.2) is 45.5 Å². The van der Waals surface area contributed by atoms with Gasteiger partial charge in [0, 0.05) is 29.6 Å². The van der Waals surface area contributed by atoms with Gasteiger partial charge in [-0.15, -0.1) is 10.2 Å². The average Bonchev–Trinajstić information content (AvgIpc) is 3.39. The molecule has 146 valence electrons. The van der Waals surface area contributed by atoms with Crippen LogP contribution < -0.4 is 4.74 Å². The lowest BCUT2D eigenvalue weighted by atomic mass is 9.97. The minimum atomic E-state index is 0.0263. The predicted molar refractivity (Wildman–Crippen MR) is 108 cm³/mol. The molecule has 0 bridgehead atoms. The largest absolute Gasteiger partial charge is 0.491 e. The number of amides is 1.